The summed E-state index contributed by atoms with van der Waals surface area (Å²) >= 11 is 0. The van der Waals surface area contributed by atoms with Gasteiger partial charge in [-0.25, -0.2) is 4.98 Å². The summed E-state index contributed by atoms with van der Waals surface area (Å²) in [6.07, 6.45) is 1.30. The highest BCUT2D eigenvalue weighted by atomic mass is 16.5. The van der Waals surface area contributed by atoms with Crippen LogP contribution in [0.15, 0.2) is 59.7 Å². The van der Waals surface area contributed by atoms with Gasteiger partial charge in [0.1, 0.15) is 6.54 Å². The lowest BCUT2D eigenvalue weighted by Gasteiger charge is -2.07. The van der Waals surface area contributed by atoms with Crippen LogP contribution in [0.25, 0.3) is 21.8 Å². The predicted octanol–water partition coefficient (Wildman–Crippen LogP) is 2.61. The van der Waals surface area contributed by atoms with E-state index in [0.29, 0.717) is 16.5 Å². The molecule has 0 radical (unpaired) electrons. The molecule has 0 bridgehead atoms. The molecule has 28 heavy (non-hydrogen) atoms. The summed E-state index contributed by atoms with van der Waals surface area (Å²) < 4.78 is 6.29. The van der Waals surface area contributed by atoms with E-state index in [0.717, 1.165) is 16.6 Å². The van der Waals surface area contributed by atoms with Crippen LogP contribution in [0.2, 0.25) is 0 Å². The Morgan fingerprint density at radius 1 is 1.07 bits per heavy atom. The smallest absolute Gasteiger partial charge is 0.326 e. The van der Waals surface area contributed by atoms with Crippen LogP contribution in [-0.2, 0) is 16.1 Å². The van der Waals surface area contributed by atoms with Crippen molar-refractivity contribution in [3.63, 3.8) is 0 Å². The van der Waals surface area contributed by atoms with Crippen molar-refractivity contribution in [1.29, 1.82) is 0 Å². The van der Waals surface area contributed by atoms with Crippen LogP contribution >= 0.6 is 0 Å². The van der Waals surface area contributed by atoms with Gasteiger partial charge in [-0.1, -0.05) is 30.3 Å². The van der Waals surface area contributed by atoms with Crippen molar-refractivity contribution in [3.05, 3.63) is 76.5 Å². The number of carbonyl (C=O) groups excluding carboxylic acids is 2. The molecule has 0 amide bonds. The molecule has 7 nitrogen and oxygen atoms in total. The summed E-state index contributed by atoms with van der Waals surface area (Å²) in [4.78, 5) is 44.4. The Morgan fingerprint density at radius 3 is 2.61 bits per heavy atom. The summed E-state index contributed by atoms with van der Waals surface area (Å²) in [5.74, 6) is -0.975. The van der Waals surface area contributed by atoms with Crippen molar-refractivity contribution >= 4 is 33.6 Å². The van der Waals surface area contributed by atoms with Gasteiger partial charge in [0.15, 0.2) is 6.61 Å². The van der Waals surface area contributed by atoms with Crippen molar-refractivity contribution in [1.82, 2.24) is 14.5 Å². The highest BCUT2D eigenvalue weighted by molar-refractivity contribution is 6.10. The molecule has 0 saturated heterocycles. The molecule has 0 aliphatic rings. The molecule has 0 saturated carbocycles. The minimum absolute atomic E-state index is 0.299. The first kappa shape index (κ1) is 17.7. The Kier molecular flexibility index (Phi) is 4.49. The number of aryl methyl sites for hydroxylation is 1. The Hall–Kier alpha value is -3.74. The number of para-hydroxylation sites is 2. The van der Waals surface area contributed by atoms with Crippen molar-refractivity contribution in [2.75, 3.05) is 6.61 Å². The number of ketones is 1. The number of Topliss-reactive ketones (excluding diaryl/α,β-unsaturated/α-hetero) is 1. The molecule has 2 heterocycles. The lowest BCUT2D eigenvalue weighted by atomic mass is 10.1. The third kappa shape index (κ3) is 3.18. The van der Waals surface area contributed by atoms with Crippen LogP contribution in [-0.4, -0.2) is 32.9 Å². The minimum atomic E-state index is -0.676. The lowest BCUT2D eigenvalue weighted by molar-refractivity contribution is -0.143. The van der Waals surface area contributed by atoms with E-state index < -0.39 is 12.6 Å². The first-order chi connectivity index (χ1) is 13.5. The van der Waals surface area contributed by atoms with E-state index in [1.54, 1.807) is 31.2 Å². The number of fused-ring (bicyclic) bond motifs is 2. The topological polar surface area (TPSA) is 94.1 Å². The Morgan fingerprint density at radius 2 is 1.79 bits per heavy atom. The molecule has 0 atom stereocenters. The van der Waals surface area contributed by atoms with Crippen LogP contribution < -0.4 is 5.56 Å². The third-order valence-corrected chi connectivity index (χ3v) is 4.57. The fourth-order valence-corrected chi connectivity index (χ4v) is 3.26. The second-order valence-corrected chi connectivity index (χ2v) is 6.45. The van der Waals surface area contributed by atoms with Gasteiger partial charge in [0, 0.05) is 22.2 Å². The fraction of sp³-hybridized carbons (Fsp3) is 0.143. The summed E-state index contributed by atoms with van der Waals surface area (Å²) in [6, 6.07) is 14.3. The average molecular weight is 375 g/mol. The second-order valence-electron chi connectivity index (χ2n) is 6.45. The SMILES string of the molecule is Cc1[nH]c2ccccc2c1C(=O)COC(=O)Cn1cnc2ccccc2c1=O. The molecular weight excluding hydrogens is 358 g/mol. The van der Waals surface area contributed by atoms with Crippen molar-refractivity contribution in [3.8, 4) is 0 Å². The van der Waals surface area contributed by atoms with E-state index in [1.165, 1.54) is 10.9 Å². The van der Waals surface area contributed by atoms with Crippen LogP contribution in [0.5, 0.6) is 0 Å². The zero-order valence-electron chi connectivity index (χ0n) is 15.1. The van der Waals surface area contributed by atoms with E-state index in [1.807, 2.05) is 24.3 Å². The maximum absolute atomic E-state index is 12.6. The van der Waals surface area contributed by atoms with Crippen molar-refractivity contribution in [2.45, 2.75) is 13.5 Å². The van der Waals surface area contributed by atoms with Crippen molar-refractivity contribution in [2.24, 2.45) is 0 Å². The molecule has 2 aromatic heterocycles. The zero-order valence-corrected chi connectivity index (χ0v) is 15.1. The minimum Gasteiger partial charge on any atom is -0.456 e. The molecule has 0 aliphatic heterocycles. The van der Waals surface area contributed by atoms with E-state index in [4.69, 9.17) is 4.74 Å². The summed E-state index contributed by atoms with van der Waals surface area (Å²) in [5, 5.41) is 1.21. The summed E-state index contributed by atoms with van der Waals surface area (Å²) in [5.41, 5.74) is 2.30. The quantitative estimate of drug-likeness (QED) is 0.427. The van der Waals surface area contributed by atoms with Gasteiger partial charge in [-0.15, -0.1) is 0 Å². The Labute approximate surface area is 159 Å². The standard InChI is InChI=1S/C21H17N3O4/c1-13-20(14-6-2-5-9-17(14)23-13)18(25)11-28-19(26)10-24-12-22-16-8-4-3-7-15(16)21(24)27/h2-9,12,23H,10-11H2,1H3. The zero-order chi connectivity index (χ0) is 19.7. The second kappa shape index (κ2) is 7.11. The first-order valence-corrected chi connectivity index (χ1v) is 8.75. The van der Waals surface area contributed by atoms with Crippen molar-refractivity contribution < 1.29 is 14.3 Å². The molecule has 4 rings (SSSR count). The Balaban J connectivity index is 1.47. The van der Waals surface area contributed by atoms with Gasteiger partial charge < -0.3 is 9.72 Å². The number of benzene rings is 2. The van der Waals surface area contributed by atoms with Crippen LogP contribution in [0.3, 0.4) is 0 Å². The van der Waals surface area contributed by atoms with Crippen LogP contribution in [0.1, 0.15) is 16.1 Å². The van der Waals surface area contributed by atoms with Gasteiger partial charge >= 0.3 is 5.97 Å². The number of aromatic amines is 1. The molecular formula is C21H17N3O4. The molecule has 7 heteroatoms. The number of rotatable bonds is 5. The number of H-pyrrole nitrogens is 1. The number of nitrogens with one attached hydrogen (secondary N) is 1. The highest BCUT2D eigenvalue weighted by Crippen LogP contribution is 2.22. The molecule has 0 unspecified atom stereocenters. The van der Waals surface area contributed by atoms with Gasteiger partial charge in [0.25, 0.3) is 5.56 Å². The maximum Gasteiger partial charge on any atom is 0.326 e. The maximum atomic E-state index is 12.6. The first-order valence-electron chi connectivity index (χ1n) is 8.75. The molecule has 1 N–H and O–H groups in total. The molecule has 0 spiro atoms. The largest absolute Gasteiger partial charge is 0.456 e. The lowest BCUT2D eigenvalue weighted by Crippen LogP contribution is -2.26. The number of esters is 1. The number of carbonyl (C=O) groups is 2. The summed E-state index contributed by atoms with van der Waals surface area (Å²) in [7, 11) is 0. The summed E-state index contributed by atoms with van der Waals surface area (Å²) in [6.45, 7) is 1.10. The monoisotopic (exact) mass is 375 g/mol. The van der Waals surface area contributed by atoms with Gasteiger partial charge in [-0.3, -0.25) is 19.0 Å². The number of nitrogens with zero attached hydrogens (tertiary/aromatic N) is 2. The third-order valence-electron chi connectivity index (χ3n) is 4.57. The number of aromatic nitrogens is 3. The van der Waals surface area contributed by atoms with Crippen LogP contribution in [0, 0.1) is 6.92 Å². The van der Waals surface area contributed by atoms with E-state index in [9.17, 15) is 14.4 Å². The van der Waals surface area contributed by atoms with E-state index in [2.05, 4.69) is 9.97 Å². The van der Waals surface area contributed by atoms with E-state index in [-0.39, 0.29) is 17.9 Å². The number of hydrogen-bond acceptors (Lipinski definition) is 5. The van der Waals surface area contributed by atoms with E-state index >= 15 is 0 Å². The van der Waals surface area contributed by atoms with Gasteiger partial charge in [-0.05, 0) is 25.1 Å². The predicted molar refractivity (Wildman–Crippen MR) is 104 cm³/mol. The molecule has 2 aromatic carbocycles. The molecule has 0 aliphatic carbocycles. The van der Waals surface area contributed by atoms with Gasteiger partial charge in [-0.2, -0.15) is 0 Å². The molecule has 140 valence electrons. The average Bonchev–Trinajstić information content (AvgIpc) is 3.04. The molecule has 0 fully saturated rings. The highest BCUT2D eigenvalue weighted by Gasteiger charge is 2.18. The van der Waals surface area contributed by atoms with Gasteiger partial charge in [0.2, 0.25) is 5.78 Å². The van der Waals surface area contributed by atoms with Crippen LogP contribution in [0.4, 0.5) is 0 Å². The molecule has 4 aromatic rings. The number of hydrogen-bond donors (Lipinski definition) is 1. The van der Waals surface area contributed by atoms with Gasteiger partial charge in [0.05, 0.1) is 17.2 Å². The fourth-order valence-electron chi connectivity index (χ4n) is 3.26. The number of ether oxygens (including phenoxy) is 1. The Bertz CT molecular complexity index is 1270. The normalized spacial score (nSPS) is 11.0.